The van der Waals surface area contributed by atoms with Crippen LogP contribution in [0.4, 0.5) is 4.39 Å². The number of fused-ring (bicyclic) bond motifs is 1. The van der Waals surface area contributed by atoms with Crippen LogP contribution >= 0.6 is 0 Å². The molecule has 0 radical (unpaired) electrons. The monoisotopic (exact) mass is 451 g/mol. The number of methoxy groups -OCH3 is 1. The molecule has 2 aliphatic rings. The number of hydrogen-bond acceptors (Lipinski definition) is 8. The topological polar surface area (TPSA) is 120 Å². The van der Waals surface area contributed by atoms with Gasteiger partial charge >= 0.3 is 6.01 Å². The van der Waals surface area contributed by atoms with E-state index < -0.39 is 23.9 Å². The number of carbonyl (C=O) groups excluding carboxylic acids is 1. The van der Waals surface area contributed by atoms with Gasteiger partial charge in [-0.3, -0.25) is 15.4 Å². The summed E-state index contributed by atoms with van der Waals surface area (Å²) < 4.78 is 18.6. The van der Waals surface area contributed by atoms with Crippen LogP contribution in [0.2, 0.25) is 0 Å². The molecule has 0 saturated carbocycles. The molecule has 2 unspecified atom stereocenters. The Morgan fingerprint density at radius 3 is 2.52 bits per heavy atom. The van der Waals surface area contributed by atoms with Crippen molar-refractivity contribution in [2.24, 2.45) is 0 Å². The molecule has 3 heterocycles. The van der Waals surface area contributed by atoms with Crippen LogP contribution < -0.4 is 15.4 Å². The van der Waals surface area contributed by atoms with E-state index in [1.807, 2.05) is 24.3 Å². The number of nitrogens with zero attached hydrogens (tertiary/aromatic N) is 3. The van der Waals surface area contributed by atoms with Crippen molar-refractivity contribution in [3.05, 3.63) is 77.4 Å². The van der Waals surface area contributed by atoms with Crippen molar-refractivity contribution < 1.29 is 24.1 Å². The SMILES string of the molecule is COc1ncc(-c2ccc([C@]3(CN4Cc5ccc(F)cc5C4=O)NC(O)NC3O)cc2)cn1. The molecule has 3 atom stereocenters. The normalized spacial score (nSPS) is 24.2. The van der Waals surface area contributed by atoms with E-state index >= 15 is 0 Å². The molecule has 1 amide bonds. The lowest BCUT2D eigenvalue weighted by Crippen LogP contribution is -2.54. The largest absolute Gasteiger partial charge is 0.467 e. The van der Waals surface area contributed by atoms with Crippen LogP contribution in [0.5, 0.6) is 6.01 Å². The molecule has 0 aliphatic carbocycles. The molecule has 4 N–H and O–H groups in total. The van der Waals surface area contributed by atoms with E-state index in [0.29, 0.717) is 16.7 Å². The van der Waals surface area contributed by atoms with Gasteiger partial charge in [0, 0.05) is 36.6 Å². The summed E-state index contributed by atoms with van der Waals surface area (Å²) in [5, 5.41) is 26.6. The second-order valence-electron chi connectivity index (χ2n) is 8.09. The second-order valence-corrected chi connectivity index (χ2v) is 8.09. The lowest BCUT2D eigenvalue weighted by atomic mass is 9.87. The molecule has 1 aromatic heterocycles. The van der Waals surface area contributed by atoms with Crippen LogP contribution in [-0.2, 0) is 12.1 Å². The van der Waals surface area contributed by atoms with Gasteiger partial charge in [0.15, 0.2) is 6.35 Å². The lowest BCUT2D eigenvalue weighted by molar-refractivity contribution is 0.0433. The molecule has 0 bridgehead atoms. The van der Waals surface area contributed by atoms with Crippen molar-refractivity contribution >= 4 is 5.91 Å². The molecule has 1 fully saturated rings. The predicted molar refractivity (Wildman–Crippen MR) is 115 cm³/mol. The number of amides is 1. The number of halogens is 1. The standard InChI is InChI=1S/C23H22FN5O4/c1-33-22-25-9-15(10-26-22)13-2-5-16(6-3-13)23(20(31)27-21(32)28-23)12-29-11-14-4-7-17(24)8-18(14)19(29)30/h2-10,20-21,27-28,31-32H,11-12H2,1H3/t20?,21?,23-/m0/s1. The molecule has 5 rings (SSSR count). The van der Waals surface area contributed by atoms with Gasteiger partial charge in [0.1, 0.15) is 17.6 Å². The van der Waals surface area contributed by atoms with Crippen molar-refractivity contribution in [3.63, 3.8) is 0 Å². The molecule has 33 heavy (non-hydrogen) atoms. The van der Waals surface area contributed by atoms with Crippen LogP contribution in [0.1, 0.15) is 21.5 Å². The Morgan fingerprint density at radius 1 is 1.15 bits per heavy atom. The average molecular weight is 451 g/mol. The molecule has 9 nitrogen and oxygen atoms in total. The van der Waals surface area contributed by atoms with Gasteiger partial charge in [0.2, 0.25) is 0 Å². The summed E-state index contributed by atoms with van der Waals surface area (Å²) in [6, 6.07) is 11.7. The van der Waals surface area contributed by atoms with E-state index in [9.17, 15) is 19.4 Å². The smallest absolute Gasteiger partial charge is 0.316 e. The van der Waals surface area contributed by atoms with Gasteiger partial charge in [-0.25, -0.2) is 14.4 Å². The van der Waals surface area contributed by atoms with Gasteiger partial charge in [-0.15, -0.1) is 0 Å². The summed E-state index contributed by atoms with van der Waals surface area (Å²) in [7, 11) is 1.49. The fraction of sp³-hybridized carbons (Fsp3) is 0.261. The molecule has 1 saturated heterocycles. The van der Waals surface area contributed by atoms with E-state index in [0.717, 1.165) is 11.1 Å². The quantitative estimate of drug-likeness (QED) is 0.452. The zero-order valence-corrected chi connectivity index (χ0v) is 17.7. The first-order valence-electron chi connectivity index (χ1n) is 10.3. The molecular formula is C23H22FN5O4. The minimum atomic E-state index is -1.19. The highest BCUT2D eigenvalue weighted by atomic mass is 19.1. The highest BCUT2D eigenvalue weighted by Gasteiger charge is 2.49. The van der Waals surface area contributed by atoms with Gasteiger partial charge in [0.05, 0.1) is 7.11 Å². The summed E-state index contributed by atoms with van der Waals surface area (Å²) in [6.45, 7) is 0.334. The first-order chi connectivity index (χ1) is 15.9. The zero-order valence-electron chi connectivity index (χ0n) is 17.7. The number of carbonyl (C=O) groups is 1. The maximum atomic E-state index is 13.7. The molecule has 10 heteroatoms. The van der Waals surface area contributed by atoms with E-state index in [2.05, 4.69) is 20.6 Å². The van der Waals surface area contributed by atoms with Gasteiger partial charge in [-0.05, 0) is 28.8 Å². The fourth-order valence-corrected chi connectivity index (χ4v) is 4.41. The summed E-state index contributed by atoms with van der Waals surface area (Å²) in [6.07, 6.45) is 0.927. The third-order valence-electron chi connectivity index (χ3n) is 6.11. The number of benzene rings is 2. The summed E-state index contributed by atoms with van der Waals surface area (Å²) in [5.41, 5.74) is 2.12. The molecular weight excluding hydrogens is 429 g/mol. The van der Waals surface area contributed by atoms with Gasteiger partial charge in [-0.2, -0.15) is 0 Å². The van der Waals surface area contributed by atoms with E-state index in [-0.39, 0.29) is 25.0 Å². The predicted octanol–water partition coefficient (Wildman–Crippen LogP) is 0.930. The van der Waals surface area contributed by atoms with Crippen molar-refractivity contribution in [2.45, 2.75) is 24.7 Å². The number of aromatic nitrogens is 2. The number of rotatable bonds is 5. The minimum absolute atomic E-state index is 0.0539. The Hall–Kier alpha value is -3.44. The number of ether oxygens (including phenoxy) is 1. The Morgan fingerprint density at radius 2 is 1.88 bits per heavy atom. The van der Waals surface area contributed by atoms with E-state index in [1.54, 1.807) is 18.5 Å². The van der Waals surface area contributed by atoms with Crippen LogP contribution in [-0.4, -0.2) is 57.2 Å². The van der Waals surface area contributed by atoms with E-state index in [4.69, 9.17) is 4.74 Å². The molecule has 2 aliphatic heterocycles. The Balaban J connectivity index is 1.45. The maximum absolute atomic E-state index is 13.7. The van der Waals surface area contributed by atoms with Crippen LogP contribution in [0, 0.1) is 5.82 Å². The fourth-order valence-electron chi connectivity index (χ4n) is 4.41. The van der Waals surface area contributed by atoms with Crippen LogP contribution in [0.3, 0.4) is 0 Å². The Kier molecular flexibility index (Phi) is 5.29. The van der Waals surface area contributed by atoms with Gasteiger partial charge in [0.25, 0.3) is 5.91 Å². The van der Waals surface area contributed by atoms with E-state index in [1.165, 1.54) is 24.1 Å². The minimum Gasteiger partial charge on any atom is -0.467 e. The first-order valence-corrected chi connectivity index (χ1v) is 10.3. The Bertz CT molecular complexity index is 1190. The second kappa shape index (κ2) is 8.16. The number of hydrogen-bond donors (Lipinski definition) is 4. The van der Waals surface area contributed by atoms with Gasteiger partial charge < -0.3 is 19.8 Å². The lowest BCUT2D eigenvalue weighted by Gasteiger charge is -2.36. The molecule has 3 aromatic rings. The van der Waals surface area contributed by atoms with Crippen molar-refractivity contribution in [2.75, 3.05) is 13.7 Å². The molecule has 0 spiro atoms. The number of aliphatic hydroxyl groups is 2. The van der Waals surface area contributed by atoms with Gasteiger partial charge in [-0.1, -0.05) is 30.3 Å². The zero-order chi connectivity index (χ0) is 23.2. The molecule has 2 aromatic carbocycles. The third kappa shape index (κ3) is 3.72. The average Bonchev–Trinajstić information content (AvgIpc) is 3.29. The van der Waals surface area contributed by atoms with Crippen LogP contribution in [0.25, 0.3) is 11.1 Å². The summed E-state index contributed by atoms with van der Waals surface area (Å²) in [5.74, 6) is -0.806. The molecule has 170 valence electrons. The third-order valence-corrected chi connectivity index (χ3v) is 6.11. The van der Waals surface area contributed by atoms with Crippen molar-refractivity contribution in [1.29, 1.82) is 0 Å². The summed E-state index contributed by atoms with van der Waals surface area (Å²) in [4.78, 5) is 22.7. The van der Waals surface area contributed by atoms with Crippen molar-refractivity contribution in [1.82, 2.24) is 25.5 Å². The Labute approximate surface area is 188 Å². The first kappa shape index (κ1) is 21.4. The highest BCUT2D eigenvalue weighted by molar-refractivity contribution is 5.98. The number of aliphatic hydroxyl groups excluding tert-OH is 2. The van der Waals surface area contributed by atoms with Crippen LogP contribution in [0.15, 0.2) is 54.9 Å². The van der Waals surface area contributed by atoms with Crippen molar-refractivity contribution in [3.8, 4) is 17.1 Å². The summed E-state index contributed by atoms with van der Waals surface area (Å²) >= 11 is 0. The maximum Gasteiger partial charge on any atom is 0.316 e. The highest BCUT2D eigenvalue weighted by Crippen LogP contribution is 2.34. The number of nitrogens with one attached hydrogen (secondary N) is 2.